The standard InChI is InChI=1S/C32H37N7O3S/c1-4-29(40)34-25-17-28-31(41)36-32-35-24-8-7-22(20-38-13-11-37(3)12-14-38)16-26(24)39(32)19-21(2)6-5-15-42-27-9-10-33-18-23(27)30(25)43-28/h4,7-10,16-18,21H,1,5-6,11-15,19-20H2,2-3H3,(H,34,40)(H,35,36,41)/t21-/m1/s1. The number of carbonyl (C=O) groups is 2. The van der Waals surface area contributed by atoms with Gasteiger partial charge in [-0.25, -0.2) is 4.98 Å². The number of nitrogens with one attached hydrogen (secondary N) is 2. The molecular formula is C32H37N7O3S. The van der Waals surface area contributed by atoms with Crippen LogP contribution in [0.4, 0.5) is 11.6 Å². The monoisotopic (exact) mass is 599 g/mol. The molecule has 11 heteroatoms. The number of thiophene rings is 1. The molecule has 0 spiro atoms. The fraction of sp³-hybridized carbons (Fsp3) is 0.375. The maximum atomic E-state index is 13.7. The van der Waals surface area contributed by atoms with Gasteiger partial charge in [-0.3, -0.25) is 24.8 Å². The molecule has 0 saturated carbocycles. The number of aromatic nitrogens is 3. The smallest absolute Gasteiger partial charge is 0.268 e. The molecule has 4 aromatic rings. The lowest BCUT2D eigenvalue weighted by Crippen LogP contribution is -2.43. The van der Waals surface area contributed by atoms with Crippen LogP contribution in [0, 0.1) is 5.92 Å². The summed E-state index contributed by atoms with van der Waals surface area (Å²) in [6.07, 6.45) is 6.39. The number of hydrogen-bond donors (Lipinski definition) is 2. The van der Waals surface area contributed by atoms with Crippen LogP contribution in [0.15, 0.2) is 55.4 Å². The van der Waals surface area contributed by atoms with E-state index in [1.807, 2.05) is 6.07 Å². The van der Waals surface area contributed by atoms with E-state index in [0.29, 0.717) is 51.8 Å². The number of hydrogen-bond acceptors (Lipinski definition) is 8. The first-order valence-electron chi connectivity index (χ1n) is 14.7. The topological polar surface area (TPSA) is 105 Å². The zero-order valence-electron chi connectivity index (χ0n) is 24.6. The molecule has 1 aromatic carbocycles. The highest BCUT2D eigenvalue weighted by atomic mass is 32.1. The van der Waals surface area contributed by atoms with E-state index in [-0.39, 0.29) is 11.8 Å². The van der Waals surface area contributed by atoms with Gasteiger partial charge in [0.1, 0.15) is 5.75 Å². The summed E-state index contributed by atoms with van der Waals surface area (Å²) < 4.78 is 8.36. The lowest BCUT2D eigenvalue weighted by atomic mass is 10.1. The van der Waals surface area contributed by atoms with E-state index in [1.165, 1.54) is 23.0 Å². The van der Waals surface area contributed by atoms with Gasteiger partial charge < -0.3 is 19.5 Å². The predicted octanol–water partition coefficient (Wildman–Crippen LogP) is 5.09. The quantitative estimate of drug-likeness (QED) is 0.315. The number of benzene rings is 1. The van der Waals surface area contributed by atoms with Gasteiger partial charge in [-0.1, -0.05) is 19.6 Å². The van der Waals surface area contributed by atoms with Crippen LogP contribution in [0.3, 0.4) is 0 Å². The molecule has 5 heterocycles. The summed E-state index contributed by atoms with van der Waals surface area (Å²) in [4.78, 5) is 41.1. The van der Waals surface area contributed by atoms with Crippen LogP contribution in [-0.2, 0) is 17.9 Å². The van der Waals surface area contributed by atoms with E-state index in [1.54, 1.807) is 18.5 Å². The number of pyridine rings is 1. The van der Waals surface area contributed by atoms with Crippen LogP contribution < -0.4 is 15.4 Å². The molecule has 6 rings (SSSR count). The molecule has 1 atom stereocenters. The Morgan fingerprint density at radius 3 is 2.88 bits per heavy atom. The summed E-state index contributed by atoms with van der Waals surface area (Å²) in [6, 6.07) is 9.91. The van der Waals surface area contributed by atoms with Crippen LogP contribution in [0.2, 0.25) is 0 Å². The zero-order chi connectivity index (χ0) is 29.9. The summed E-state index contributed by atoms with van der Waals surface area (Å²) in [5, 5.41) is 5.93. The van der Waals surface area contributed by atoms with Gasteiger partial charge in [0.2, 0.25) is 11.9 Å². The Morgan fingerprint density at radius 2 is 2.07 bits per heavy atom. The van der Waals surface area contributed by atoms with Gasteiger partial charge in [0.25, 0.3) is 5.91 Å². The Hall–Kier alpha value is -4.06. The van der Waals surface area contributed by atoms with Crippen molar-refractivity contribution in [3.63, 3.8) is 0 Å². The number of imidazole rings is 1. The SMILES string of the molecule is C=CC(=O)Nc1cc2sc1-c1cnccc1OCCC[C@@H](C)Cn1c(nc3ccc(CN4CCN(C)CC4)cc31)NC2=O. The number of anilines is 2. The molecule has 1 saturated heterocycles. The molecule has 0 radical (unpaired) electrons. The molecule has 2 aliphatic heterocycles. The van der Waals surface area contributed by atoms with Gasteiger partial charge in [0.15, 0.2) is 0 Å². The van der Waals surface area contributed by atoms with Gasteiger partial charge in [0, 0.05) is 51.7 Å². The third kappa shape index (κ3) is 6.48. The van der Waals surface area contributed by atoms with Crippen molar-refractivity contribution in [1.82, 2.24) is 24.3 Å². The molecule has 2 bridgehead atoms. The minimum absolute atomic E-state index is 0.298. The van der Waals surface area contributed by atoms with Crippen LogP contribution in [0.1, 0.15) is 35.0 Å². The van der Waals surface area contributed by atoms with Gasteiger partial charge >= 0.3 is 0 Å². The minimum Gasteiger partial charge on any atom is -0.493 e. The summed E-state index contributed by atoms with van der Waals surface area (Å²) in [5.74, 6) is 0.840. The molecule has 224 valence electrons. The number of nitrogens with zero attached hydrogens (tertiary/aromatic N) is 5. The molecule has 0 unspecified atom stereocenters. The average Bonchev–Trinajstić information content (AvgIpc) is 3.57. The average molecular weight is 600 g/mol. The van der Waals surface area contributed by atoms with Crippen LogP contribution in [0.25, 0.3) is 21.5 Å². The molecule has 1 fully saturated rings. The largest absolute Gasteiger partial charge is 0.493 e. The van der Waals surface area contributed by atoms with E-state index < -0.39 is 0 Å². The van der Waals surface area contributed by atoms with Crippen LogP contribution >= 0.6 is 11.3 Å². The van der Waals surface area contributed by atoms with Gasteiger partial charge in [-0.2, -0.15) is 0 Å². The summed E-state index contributed by atoms with van der Waals surface area (Å²) in [5.41, 5.74) is 4.31. The highest BCUT2D eigenvalue weighted by Crippen LogP contribution is 2.41. The Bertz CT molecular complexity index is 1650. The minimum atomic E-state index is -0.366. The second-order valence-electron chi connectivity index (χ2n) is 11.4. The second-order valence-corrected chi connectivity index (χ2v) is 12.5. The number of amides is 2. The number of rotatable bonds is 4. The normalized spacial score (nSPS) is 18.5. The predicted molar refractivity (Wildman–Crippen MR) is 171 cm³/mol. The third-order valence-electron chi connectivity index (χ3n) is 8.06. The summed E-state index contributed by atoms with van der Waals surface area (Å²) >= 11 is 1.27. The first-order chi connectivity index (χ1) is 20.9. The van der Waals surface area contributed by atoms with E-state index in [0.717, 1.165) is 56.6 Å². The van der Waals surface area contributed by atoms with Crippen molar-refractivity contribution < 1.29 is 14.3 Å². The second kappa shape index (κ2) is 12.7. The molecule has 2 aliphatic rings. The lowest BCUT2D eigenvalue weighted by Gasteiger charge is -2.32. The fourth-order valence-corrected chi connectivity index (χ4v) is 6.67. The number of piperazine rings is 1. The maximum Gasteiger partial charge on any atom is 0.268 e. The molecule has 10 nitrogen and oxygen atoms in total. The molecule has 3 aromatic heterocycles. The van der Waals surface area contributed by atoms with Crippen molar-refractivity contribution in [3.05, 3.63) is 65.8 Å². The number of carbonyl (C=O) groups excluding carboxylic acids is 2. The van der Waals surface area contributed by atoms with E-state index in [4.69, 9.17) is 9.72 Å². The molecule has 43 heavy (non-hydrogen) atoms. The Kier molecular flexibility index (Phi) is 8.55. The Morgan fingerprint density at radius 1 is 1.23 bits per heavy atom. The van der Waals surface area contributed by atoms with E-state index >= 15 is 0 Å². The summed E-state index contributed by atoms with van der Waals surface area (Å²) in [7, 11) is 2.17. The fourth-order valence-electron chi connectivity index (χ4n) is 5.65. The van der Waals surface area contributed by atoms with Crippen molar-refractivity contribution >= 4 is 45.8 Å². The van der Waals surface area contributed by atoms with Crippen molar-refractivity contribution in [2.45, 2.75) is 32.9 Å². The van der Waals surface area contributed by atoms with E-state index in [9.17, 15) is 9.59 Å². The molecule has 2 N–H and O–H groups in total. The van der Waals surface area contributed by atoms with Crippen molar-refractivity contribution in [1.29, 1.82) is 0 Å². The van der Waals surface area contributed by atoms with Crippen molar-refractivity contribution in [3.8, 4) is 16.2 Å². The Labute approximate surface area is 255 Å². The first kappa shape index (κ1) is 29.0. The third-order valence-corrected chi connectivity index (χ3v) is 9.23. The first-order valence-corrected chi connectivity index (χ1v) is 15.6. The van der Waals surface area contributed by atoms with Gasteiger partial charge in [0.05, 0.1) is 38.6 Å². The number of fused-ring (bicyclic) bond motifs is 7. The van der Waals surface area contributed by atoms with Crippen molar-refractivity contribution in [2.75, 3.05) is 50.5 Å². The zero-order valence-corrected chi connectivity index (χ0v) is 25.5. The van der Waals surface area contributed by atoms with Crippen LogP contribution in [0.5, 0.6) is 5.75 Å². The highest BCUT2D eigenvalue weighted by molar-refractivity contribution is 7.18. The van der Waals surface area contributed by atoms with Gasteiger partial charge in [-0.15, -0.1) is 11.3 Å². The van der Waals surface area contributed by atoms with Gasteiger partial charge in [-0.05, 0) is 61.7 Å². The van der Waals surface area contributed by atoms with Crippen LogP contribution in [-0.4, -0.2) is 76.0 Å². The molecular weight excluding hydrogens is 562 g/mol. The highest BCUT2D eigenvalue weighted by Gasteiger charge is 2.23. The maximum absolute atomic E-state index is 13.7. The molecule has 2 amide bonds. The lowest BCUT2D eigenvalue weighted by molar-refractivity contribution is -0.111. The number of ether oxygens (including phenoxy) is 1. The van der Waals surface area contributed by atoms with E-state index in [2.05, 4.69) is 68.7 Å². The van der Waals surface area contributed by atoms with Crippen molar-refractivity contribution in [2.24, 2.45) is 5.92 Å². The summed E-state index contributed by atoms with van der Waals surface area (Å²) in [6.45, 7) is 12.2. The number of likely N-dealkylation sites (N-methyl/N-ethyl adjacent to an activating group) is 1. The molecule has 0 aliphatic carbocycles. The Balaban J connectivity index is 1.37.